The molecule has 0 spiro atoms. The topological polar surface area (TPSA) is 81.5 Å². The van der Waals surface area contributed by atoms with Crippen molar-refractivity contribution in [3.05, 3.63) is 63.7 Å². The molecule has 2 aromatic carbocycles. The van der Waals surface area contributed by atoms with E-state index in [-0.39, 0.29) is 17.1 Å². The highest BCUT2D eigenvalue weighted by Gasteiger charge is 2.17. The number of amides is 1. The second kappa shape index (κ2) is 7.03. The van der Waals surface area contributed by atoms with Crippen molar-refractivity contribution in [2.75, 3.05) is 5.32 Å². The number of anilines is 1. The first-order valence-corrected chi connectivity index (χ1v) is 6.95. The van der Waals surface area contributed by atoms with Gasteiger partial charge in [-0.1, -0.05) is 0 Å². The summed E-state index contributed by atoms with van der Waals surface area (Å²) in [5, 5.41) is 13.2. The van der Waals surface area contributed by atoms with E-state index in [1.165, 1.54) is 31.2 Å². The maximum Gasteiger partial charge on any atom is 0.272 e. The lowest BCUT2D eigenvalue weighted by molar-refractivity contribution is -0.385. The third kappa shape index (κ3) is 4.03. The number of nitro groups is 1. The third-order valence-electron chi connectivity index (χ3n) is 3.23. The van der Waals surface area contributed by atoms with Crippen LogP contribution in [0.2, 0.25) is 0 Å². The lowest BCUT2D eigenvalue weighted by atomic mass is 10.2. The number of nitrogens with zero attached hydrogens (tertiary/aromatic N) is 1. The number of nitro benzene ring substituents is 1. The molecule has 0 aliphatic heterocycles. The zero-order valence-electron chi connectivity index (χ0n) is 12.9. The smallest absolute Gasteiger partial charge is 0.272 e. The lowest BCUT2D eigenvalue weighted by Crippen LogP contribution is -2.30. The summed E-state index contributed by atoms with van der Waals surface area (Å²) < 4.78 is 31.4. The number of nitrogens with one attached hydrogen (secondary N) is 1. The number of ether oxygens (including phenoxy) is 1. The van der Waals surface area contributed by atoms with E-state index >= 15 is 0 Å². The minimum Gasteiger partial charge on any atom is -0.481 e. The van der Waals surface area contributed by atoms with Crippen molar-refractivity contribution < 1.29 is 23.2 Å². The molecule has 1 N–H and O–H groups in total. The highest BCUT2D eigenvalue weighted by Crippen LogP contribution is 2.24. The van der Waals surface area contributed by atoms with Crippen LogP contribution < -0.4 is 10.1 Å². The summed E-state index contributed by atoms with van der Waals surface area (Å²) in [6, 6.07) is 7.09. The van der Waals surface area contributed by atoms with Gasteiger partial charge >= 0.3 is 0 Å². The predicted molar refractivity (Wildman–Crippen MR) is 82.9 cm³/mol. The molecule has 126 valence electrons. The van der Waals surface area contributed by atoms with Crippen LogP contribution >= 0.6 is 0 Å². The molecule has 0 heterocycles. The van der Waals surface area contributed by atoms with Crippen molar-refractivity contribution in [3.63, 3.8) is 0 Å². The Hall–Kier alpha value is -3.03. The fraction of sp³-hybridized carbons (Fsp3) is 0.188. The largest absolute Gasteiger partial charge is 0.481 e. The van der Waals surface area contributed by atoms with Gasteiger partial charge in [0.2, 0.25) is 0 Å². The minimum atomic E-state index is -1.08. The monoisotopic (exact) mass is 336 g/mol. The number of carbonyl (C=O) groups excluding carboxylic acids is 1. The van der Waals surface area contributed by atoms with E-state index in [1.54, 1.807) is 6.92 Å². The van der Waals surface area contributed by atoms with Crippen molar-refractivity contribution in [1.29, 1.82) is 0 Å². The van der Waals surface area contributed by atoms with Crippen LogP contribution in [0.15, 0.2) is 36.4 Å². The fourth-order valence-corrected chi connectivity index (χ4v) is 1.98. The summed E-state index contributed by atoms with van der Waals surface area (Å²) in [6.45, 7) is 3.02. The summed E-state index contributed by atoms with van der Waals surface area (Å²) in [5.74, 6) is -2.38. The quantitative estimate of drug-likeness (QED) is 0.668. The maximum absolute atomic E-state index is 13.1. The Bertz CT molecular complexity index is 796. The molecule has 24 heavy (non-hydrogen) atoms. The number of carbonyl (C=O) groups is 1. The molecule has 0 bridgehead atoms. The van der Waals surface area contributed by atoms with Crippen LogP contribution in [-0.2, 0) is 4.79 Å². The second-order valence-corrected chi connectivity index (χ2v) is 5.08. The number of aryl methyl sites for hydroxylation is 1. The van der Waals surface area contributed by atoms with Gasteiger partial charge in [-0.15, -0.1) is 0 Å². The number of rotatable bonds is 5. The van der Waals surface area contributed by atoms with Gasteiger partial charge in [0.05, 0.1) is 4.92 Å². The molecule has 8 heteroatoms. The van der Waals surface area contributed by atoms with E-state index in [9.17, 15) is 23.7 Å². The molecule has 0 saturated heterocycles. The first-order valence-electron chi connectivity index (χ1n) is 6.95. The SMILES string of the molecule is Cc1cc(O[C@H](C)C(=O)Nc2ccc(F)c(F)c2)ccc1[N+](=O)[O-]. The van der Waals surface area contributed by atoms with Crippen LogP contribution in [0.3, 0.4) is 0 Å². The van der Waals surface area contributed by atoms with Crippen molar-refractivity contribution in [2.45, 2.75) is 20.0 Å². The molecule has 0 unspecified atom stereocenters. The van der Waals surface area contributed by atoms with E-state index in [0.717, 1.165) is 12.1 Å². The molecule has 1 amide bonds. The van der Waals surface area contributed by atoms with E-state index < -0.39 is 28.6 Å². The van der Waals surface area contributed by atoms with Gasteiger partial charge in [0.15, 0.2) is 17.7 Å². The average molecular weight is 336 g/mol. The predicted octanol–water partition coefficient (Wildman–Crippen LogP) is 3.59. The van der Waals surface area contributed by atoms with Crippen molar-refractivity contribution >= 4 is 17.3 Å². The normalized spacial score (nSPS) is 11.7. The molecule has 0 aromatic heterocycles. The molecule has 6 nitrogen and oxygen atoms in total. The Morgan fingerprint density at radius 2 is 1.92 bits per heavy atom. The highest BCUT2D eigenvalue weighted by atomic mass is 19.2. The zero-order chi connectivity index (χ0) is 17.9. The summed E-state index contributed by atoms with van der Waals surface area (Å²) in [5.41, 5.74) is 0.432. The van der Waals surface area contributed by atoms with Crippen molar-refractivity contribution in [2.24, 2.45) is 0 Å². The van der Waals surface area contributed by atoms with Gasteiger partial charge in [-0.05, 0) is 38.1 Å². The molecule has 1 atom stereocenters. The van der Waals surface area contributed by atoms with Gasteiger partial charge < -0.3 is 10.1 Å². The van der Waals surface area contributed by atoms with Crippen LogP contribution in [-0.4, -0.2) is 16.9 Å². The molecular weight excluding hydrogens is 322 g/mol. The van der Waals surface area contributed by atoms with Crippen LogP contribution in [0, 0.1) is 28.7 Å². The van der Waals surface area contributed by atoms with Crippen LogP contribution in [0.5, 0.6) is 5.75 Å². The first kappa shape index (κ1) is 17.3. The molecule has 0 aliphatic rings. The zero-order valence-corrected chi connectivity index (χ0v) is 12.9. The molecule has 2 aromatic rings. The minimum absolute atomic E-state index is 0.0544. The summed E-state index contributed by atoms with van der Waals surface area (Å²) >= 11 is 0. The Morgan fingerprint density at radius 1 is 1.21 bits per heavy atom. The average Bonchev–Trinajstić information content (AvgIpc) is 2.50. The molecule has 0 saturated carbocycles. The third-order valence-corrected chi connectivity index (χ3v) is 3.23. The standard InChI is InChI=1S/C16H14F2N2O4/c1-9-7-12(4-6-15(9)20(22)23)24-10(2)16(21)19-11-3-5-13(17)14(18)8-11/h3-8,10H,1-2H3,(H,19,21)/t10-/m1/s1. The van der Waals surface area contributed by atoms with Crippen LogP contribution in [0.25, 0.3) is 0 Å². The lowest BCUT2D eigenvalue weighted by Gasteiger charge is -2.15. The van der Waals surface area contributed by atoms with Gasteiger partial charge in [-0.2, -0.15) is 0 Å². The first-order chi connectivity index (χ1) is 11.3. The van der Waals surface area contributed by atoms with E-state index in [4.69, 9.17) is 4.74 Å². The molecular formula is C16H14F2N2O4. The Morgan fingerprint density at radius 3 is 2.50 bits per heavy atom. The number of halogens is 2. The Kier molecular flexibility index (Phi) is 5.08. The van der Waals surface area contributed by atoms with Gasteiger partial charge in [-0.3, -0.25) is 14.9 Å². The second-order valence-electron chi connectivity index (χ2n) is 5.08. The Labute approximate surface area is 136 Å². The van der Waals surface area contributed by atoms with E-state index in [2.05, 4.69) is 5.32 Å². The van der Waals surface area contributed by atoms with E-state index in [1.807, 2.05) is 0 Å². The van der Waals surface area contributed by atoms with Crippen molar-refractivity contribution in [3.8, 4) is 5.75 Å². The fourth-order valence-electron chi connectivity index (χ4n) is 1.98. The Balaban J connectivity index is 2.04. The molecule has 2 rings (SSSR count). The maximum atomic E-state index is 13.1. The molecule has 0 radical (unpaired) electrons. The summed E-state index contributed by atoms with van der Waals surface area (Å²) in [6.07, 6.45) is -0.945. The van der Waals surface area contributed by atoms with Gasteiger partial charge in [0, 0.05) is 23.4 Å². The molecule has 0 fully saturated rings. The molecule has 0 aliphatic carbocycles. The van der Waals surface area contributed by atoms with Crippen molar-refractivity contribution in [1.82, 2.24) is 0 Å². The number of hydrogen-bond donors (Lipinski definition) is 1. The summed E-state index contributed by atoms with van der Waals surface area (Å²) in [4.78, 5) is 22.3. The van der Waals surface area contributed by atoms with Crippen LogP contribution in [0.4, 0.5) is 20.2 Å². The highest BCUT2D eigenvalue weighted by molar-refractivity contribution is 5.94. The summed E-state index contributed by atoms with van der Waals surface area (Å²) in [7, 11) is 0. The van der Waals surface area contributed by atoms with E-state index in [0.29, 0.717) is 5.56 Å². The number of benzene rings is 2. The van der Waals surface area contributed by atoms with Gasteiger partial charge in [-0.25, -0.2) is 8.78 Å². The van der Waals surface area contributed by atoms with Crippen LogP contribution in [0.1, 0.15) is 12.5 Å². The van der Waals surface area contributed by atoms with Gasteiger partial charge in [0.1, 0.15) is 5.75 Å². The van der Waals surface area contributed by atoms with Gasteiger partial charge in [0.25, 0.3) is 11.6 Å². The number of hydrogen-bond acceptors (Lipinski definition) is 4.